The van der Waals surface area contributed by atoms with Crippen LogP contribution in [0.1, 0.15) is 38.8 Å². The molecule has 0 aliphatic carbocycles. The topological polar surface area (TPSA) is 114 Å². The Bertz CT molecular complexity index is 1100. The molecule has 2 N–H and O–H groups in total. The Hall–Kier alpha value is -2.79. The molecular formula is C24H34FN5O4S. The summed E-state index contributed by atoms with van der Waals surface area (Å²) in [6.07, 6.45) is 4.89. The molecule has 9 nitrogen and oxygen atoms in total. The fourth-order valence-corrected chi connectivity index (χ4v) is 4.36. The third-order valence-electron chi connectivity index (χ3n) is 5.89. The van der Waals surface area contributed by atoms with Crippen molar-refractivity contribution < 1.29 is 22.3 Å². The molecule has 0 radical (unpaired) electrons. The molecule has 3 rings (SSSR count). The van der Waals surface area contributed by atoms with Crippen molar-refractivity contribution >= 4 is 27.4 Å². The van der Waals surface area contributed by atoms with E-state index in [1.54, 1.807) is 11.0 Å². The average Bonchev–Trinajstić information content (AvgIpc) is 2.80. The molecule has 0 bridgehead atoms. The van der Waals surface area contributed by atoms with E-state index in [9.17, 15) is 17.6 Å². The van der Waals surface area contributed by atoms with Gasteiger partial charge < -0.3 is 20.3 Å². The van der Waals surface area contributed by atoms with E-state index in [4.69, 9.17) is 4.74 Å². The van der Waals surface area contributed by atoms with Crippen LogP contribution in [-0.2, 0) is 21.1 Å². The highest BCUT2D eigenvalue weighted by Gasteiger charge is 2.23. The number of aromatic nitrogens is 2. The summed E-state index contributed by atoms with van der Waals surface area (Å²) in [6.45, 7) is 7.37. The number of anilines is 2. The first-order valence-electron chi connectivity index (χ1n) is 11.8. The quantitative estimate of drug-likeness (QED) is 0.500. The van der Waals surface area contributed by atoms with Gasteiger partial charge in [-0.2, -0.15) is 0 Å². The van der Waals surface area contributed by atoms with Gasteiger partial charge in [0.2, 0.25) is 0 Å². The first-order valence-corrected chi connectivity index (χ1v) is 13.7. The molecule has 0 unspecified atom stereocenters. The number of hydrogen-bond acceptors (Lipinski definition) is 8. The molecule has 0 saturated carbocycles. The number of carbonyl (C=O) groups excluding carboxylic acids is 1. The monoisotopic (exact) mass is 507 g/mol. The van der Waals surface area contributed by atoms with E-state index < -0.39 is 15.7 Å². The number of carbonyl (C=O) groups is 1. The largest absolute Gasteiger partial charge is 0.449 e. The van der Waals surface area contributed by atoms with Gasteiger partial charge >= 0.3 is 6.09 Å². The third kappa shape index (κ3) is 8.43. The number of sulfone groups is 1. The highest BCUT2D eigenvalue weighted by molar-refractivity contribution is 7.90. The number of benzene rings is 1. The Morgan fingerprint density at radius 1 is 1.23 bits per heavy atom. The van der Waals surface area contributed by atoms with Gasteiger partial charge in [0.15, 0.2) is 9.84 Å². The Morgan fingerprint density at radius 3 is 2.63 bits per heavy atom. The molecule has 2 heterocycles. The third-order valence-corrected chi connectivity index (χ3v) is 7.00. The summed E-state index contributed by atoms with van der Waals surface area (Å²) in [5.41, 5.74) is 0.867. The maximum Gasteiger partial charge on any atom is 0.409 e. The zero-order chi connectivity index (χ0) is 25.4. The summed E-state index contributed by atoms with van der Waals surface area (Å²) in [5, 5.41) is 6.26. The van der Waals surface area contributed by atoms with Crippen LogP contribution in [0.25, 0.3) is 0 Å². The van der Waals surface area contributed by atoms with E-state index in [1.165, 1.54) is 18.5 Å². The minimum atomic E-state index is -3.48. The van der Waals surface area contributed by atoms with Gasteiger partial charge in [0.05, 0.1) is 22.9 Å². The second-order valence-electron chi connectivity index (χ2n) is 9.29. The van der Waals surface area contributed by atoms with Crippen molar-refractivity contribution in [1.82, 2.24) is 20.2 Å². The van der Waals surface area contributed by atoms with E-state index in [0.29, 0.717) is 43.9 Å². The number of hydrogen-bond donors (Lipinski definition) is 2. The smallest absolute Gasteiger partial charge is 0.409 e. The number of amides is 1. The van der Waals surface area contributed by atoms with Crippen LogP contribution in [0.4, 0.5) is 20.7 Å². The van der Waals surface area contributed by atoms with Crippen molar-refractivity contribution in [1.29, 1.82) is 0 Å². The second kappa shape index (κ2) is 12.3. The van der Waals surface area contributed by atoms with Gasteiger partial charge in [-0.3, -0.25) is 0 Å². The number of likely N-dealkylation sites (tertiary alicyclic amines) is 1. The van der Waals surface area contributed by atoms with Gasteiger partial charge in [-0.25, -0.2) is 27.6 Å². The molecule has 11 heteroatoms. The maximum absolute atomic E-state index is 14.3. The minimum absolute atomic E-state index is 0.0815. The molecule has 1 aliphatic heterocycles. The van der Waals surface area contributed by atoms with Crippen molar-refractivity contribution in [2.24, 2.45) is 11.8 Å². The average molecular weight is 508 g/mol. The summed E-state index contributed by atoms with van der Waals surface area (Å²) in [7, 11) is -3.48. The van der Waals surface area contributed by atoms with Crippen LogP contribution in [-0.4, -0.2) is 61.9 Å². The lowest BCUT2D eigenvalue weighted by molar-refractivity contribution is 0.0841. The summed E-state index contributed by atoms with van der Waals surface area (Å²) in [4.78, 5) is 22.2. The van der Waals surface area contributed by atoms with E-state index in [-0.39, 0.29) is 16.7 Å². The van der Waals surface area contributed by atoms with Gasteiger partial charge in [0, 0.05) is 32.0 Å². The van der Waals surface area contributed by atoms with Crippen LogP contribution in [0.5, 0.6) is 0 Å². The van der Waals surface area contributed by atoms with Crippen LogP contribution in [0, 0.1) is 17.7 Å². The molecule has 0 spiro atoms. The number of ether oxygens (including phenoxy) is 1. The van der Waals surface area contributed by atoms with Gasteiger partial charge in [-0.1, -0.05) is 13.8 Å². The SMILES string of the molecule is CC(C)CCOC(=O)N1CCC(CNCc2cc(Nc3ccc(S(C)(=O)=O)cc3F)ncn2)CC1. The van der Waals surface area contributed by atoms with E-state index in [2.05, 4.69) is 34.4 Å². The molecule has 1 aliphatic rings. The van der Waals surface area contributed by atoms with Crippen molar-refractivity contribution in [3.05, 3.63) is 42.1 Å². The number of halogens is 1. The van der Waals surface area contributed by atoms with Gasteiger partial charge in [0.25, 0.3) is 0 Å². The lowest BCUT2D eigenvalue weighted by atomic mass is 9.97. The summed E-state index contributed by atoms with van der Waals surface area (Å²) < 4.78 is 42.8. The summed E-state index contributed by atoms with van der Waals surface area (Å²) in [5.74, 6) is 0.695. The van der Waals surface area contributed by atoms with Crippen molar-refractivity contribution in [2.45, 2.75) is 44.6 Å². The number of nitrogens with zero attached hydrogens (tertiary/aromatic N) is 3. The molecule has 1 amide bonds. The first-order chi connectivity index (χ1) is 16.6. The minimum Gasteiger partial charge on any atom is -0.449 e. The number of rotatable bonds is 10. The van der Waals surface area contributed by atoms with Gasteiger partial charge in [-0.15, -0.1) is 0 Å². The van der Waals surface area contributed by atoms with Crippen LogP contribution in [0.3, 0.4) is 0 Å². The Morgan fingerprint density at radius 2 is 1.97 bits per heavy atom. The van der Waals surface area contributed by atoms with Crippen LogP contribution >= 0.6 is 0 Å². The molecule has 2 aromatic rings. The van der Waals surface area contributed by atoms with E-state index in [1.807, 2.05) is 0 Å². The standard InChI is InChI=1S/C24H34FN5O4S/c1-17(2)8-11-34-24(31)30-9-6-18(7-10-30)14-26-15-19-12-23(28-16-27-19)29-22-5-4-20(13-21(22)25)35(3,32)33/h4-5,12-13,16-18,26H,6-11,14-15H2,1-3H3,(H,27,28,29). The molecule has 0 atom stereocenters. The summed E-state index contributed by atoms with van der Waals surface area (Å²) in [6, 6.07) is 5.42. The maximum atomic E-state index is 14.3. The van der Waals surface area contributed by atoms with Crippen molar-refractivity contribution in [3.63, 3.8) is 0 Å². The molecule has 35 heavy (non-hydrogen) atoms. The predicted octanol–water partition coefficient (Wildman–Crippen LogP) is 3.75. The van der Waals surface area contributed by atoms with Crippen LogP contribution in [0.2, 0.25) is 0 Å². The highest BCUT2D eigenvalue weighted by Crippen LogP contribution is 2.22. The Kier molecular flexibility index (Phi) is 9.39. The van der Waals surface area contributed by atoms with E-state index in [0.717, 1.165) is 43.8 Å². The van der Waals surface area contributed by atoms with Crippen LogP contribution < -0.4 is 10.6 Å². The lowest BCUT2D eigenvalue weighted by Crippen LogP contribution is -2.41. The molecule has 1 aromatic heterocycles. The molecular weight excluding hydrogens is 473 g/mol. The van der Waals surface area contributed by atoms with Gasteiger partial charge in [-0.05, 0) is 55.8 Å². The fourth-order valence-electron chi connectivity index (χ4n) is 3.73. The number of nitrogens with one attached hydrogen (secondary N) is 2. The highest BCUT2D eigenvalue weighted by atomic mass is 32.2. The second-order valence-corrected chi connectivity index (χ2v) is 11.3. The zero-order valence-electron chi connectivity index (χ0n) is 20.5. The van der Waals surface area contributed by atoms with Crippen LogP contribution in [0.15, 0.2) is 35.5 Å². The Balaban J connectivity index is 1.43. The zero-order valence-corrected chi connectivity index (χ0v) is 21.3. The van der Waals surface area contributed by atoms with Gasteiger partial charge in [0.1, 0.15) is 18.0 Å². The van der Waals surface area contributed by atoms with Crippen molar-refractivity contribution in [3.8, 4) is 0 Å². The molecule has 1 aromatic carbocycles. The fraction of sp³-hybridized carbons (Fsp3) is 0.542. The first kappa shape index (κ1) is 26.8. The molecule has 1 fully saturated rings. The Labute approximate surface area is 206 Å². The molecule has 192 valence electrons. The summed E-state index contributed by atoms with van der Waals surface area (Å²) >= 11 is 0. The number of piperidine rings is 1. The normalized spacial score (nSPS) is 14.8. The lowest BCUT2D eigenvalue weighted by Gasteiger charge is -2.31. The van der Waals surface area contributed by atoms with E-state index >= 15 is 0 Å². The predicted molar refractivity (Wildman–Crippen MR) is 132 cm³/mol. The van der Waals surface area contributed by atoms with Crippen molar-refractivity contribution in [2.75, 3.05) is 37.8 Å². The molecule has 1 saturated heterocycles.